The Morgan fingerprint density at radius 2 is 2.06 bits per heavy atom. The van der Waals surface area contributed by atoms with Gasteiger partial charge in [-0.05, 0) is 32.6 Å². The van der Waals surface area contributed by atoms with Crippen LogP contribution in [0.2, 0.25) is 0 Å². The van der Waals surface area contributed by atoms with Crippen LogP contribution in [0.4, 0.5) is 0 Å². The first-order valence-corrected chi connectivity index (χ1v) is 6.16. The molecule has 0 aromatic heterocycles. The molecule has 0 N–H and O–H groups in total. The molecule has 0 bridgehead atoms. The molecule has 0 saturated heterocycles. The summed E-state index contributed by atoms with van der Waals surface area (Å²) >= 11 is 0. The molecule has 4 nitrogen and oxygen atoms in total. The standard InChI is InChI=1S/C13H22O4/c1-4-16-13(14)10(2)9-17-12-7-5-6-11(8-12)15-3/h11-12H,2,4-9H2,1,3H3. The van der Waals surface area contributed by atoms with Crippen molar-refractivity contribution >= 4 is 5.97 Å². The molecule has 0 amide bonds. The molecule has 1 rings (SSSR count). The Morgan fingerprint density at radius 1 is 1.35 bits per heavy atom. The maximum atomic E-state index is 11.3. The van der Waals surface area contributed by atoms with Crippen LogP contribution in [0.25, 0.3) is 0 Å². The molecule has 0 aromatic carbocycles. The fourth-order valence-electron chi connectivity index (χ4n) is 1.98. The van der Waals surface area contributed by atoms with Crippen molar-refractivity contribution in [1.82, 2.24) is 0 Å². The lowest BCUT2D eigenvalue weighted by Crippen LogP contribution is -2.28. The maximum Gasteiger partial charge on any atom is 0.335 e. The third kappa shape index (κ3) is 4.88. The van der Waals surface area contributed by atoms with E-state index in [4.69, 9.17) is 14.2 Å². The Balaban J connectivity index is 2.25. The second-order valence-corrected chi connectivity index (χ2v) is 4.28. The number of rotatable bonds is 6. The van der Waals surface area contributed by atoms with Crippen LogP contribution in [0.5, 0.6) is 0 Å². The Labute approximate surface area is 103 Å². The van der Waals surface area contributed by atoms with Crippen molar-refractivity contribution in [2.75, 3.05) is 20.3 Å². The highest BCUT2D eigenvalue weighted by Crippen LogP contribution is 2.23. The predicted molar refractivity (Wildman–Crippen MR) is 64.8 cm³/mol. The highest BCUT2D eigenvalue weighted by molar-refractivity contribution is 5.87. The van der Waals surface area contributed by atoms with E-state index in [1.807, 2.05) is 0 Å². The smallest absolute Gasteiger partial charge is 0.335 e. The van der Waals surface area contributed by atoms with Crippen molar-refractivity contribution in [1.29, 1.82) is 0 Å². The van der Waals surface area contributed by atoms with Crippen LogP contribution in [0.3, 0.4) is 0 Å². The molecular formula is C13H22O4. The van der Waals surface area contributed by atoms with E-state index in [0.717, 1.165) is 25.7 Å². The van der Waals surface area contributed by atoms with Crippen molar-refractivity contribution in [3.63, 3.8) is 0 Å². The van der Waals surface area contributed by atoms with Gasteiger partial charge in [0.1, 0.15) is 0 Å². The topological polar surface area (TPSA) is 44.8 Å². The van der Waals surface area contributed by atoms with Crippen molar-refractivity contribution in [2.45, 2.75) is 44.8 Å². The zero-order valence-corrected chi connectivity index (χ0v) is 10.7. The molecule has 2 atom stereocenters. The van der Waals surface area contributed by atoms with Crippen LogP contribution in [0.1, 0.15) is 32.6 Å². The van der Waals surface area contributed by atoms with Gasteiger partial charge in [-0.15, -0.1) is 0 Å². The second-order valence-electron chi connectivity index (χ2n) is 4.28. The molecule has 0 spiro atoms. The molecule has 2 unspecified atom stereocenters. The number of esters is 1. The van der Waals surface area contributed by atoms with Gasteiger partial charge in [0.2, 0.25) is 0 Å². The lowest BCUT2D eigenvalue weighted by atomic mass is 9.95. The third-order valence-electron chi connectivity index (χ3n) is 2.97. The van der Waals surface area contributed by atoms with Crippen molar-refractivity contribution in [2.24, 2.45) is 0 Å². The first-order chi connectivity index (χ1) is 8.17. The third-order valence-corrected chi connectivity index (χ3v) is 2.97. The average molecular weight is 242 g/mol. The van der Waals surface area contributed by atoms with Gasteiger partial charge in [0.05, 0.1) is 31.0 Å². The van der Waals surface area contributed by atoms with E-state index in [-0.39, 0.29) is 24.8 Å². The SMILES string of the molecule is C=C(COC1CCCC(OC)C1)C(=O)OCC. The number of hydrogen-bond acceptors (Lipinski definition) is 4. The fraction of sp³-hybridized carbons (Fsp3) is 0.769. The Hall–Kier alpha value is -0.870. The summed E-state index contributed by atoms with van der Waals surface area (Å²) in [5, 5.41) is 0. The molecule has 1 aliphatic rings. The summed E-state index contributed by atoms with van der Waals surface area (Å²) < 4.78 is 15.8. The van der Waals surface area contributed by atoms with E-state index < -0.39 is 0 Å². The van der Waals surface area contributed by atoms with Gasteiger partial charge < -0.3 is 14.2 Å². The van der Waals surface area contributed by atoms with Gasteiger partial charge in [-0.3, -0.25) is 0 Å². The average Bonchev–Trinajstić information content (AvgIpc) is 2.36. The van der Waals surface area contributed by atoms with Crippen LogP contribution in [0, 0.1) is 0 Å². The summed E-state index contributed by atoms with van der Waals surface area (Å²) in [6.07, 6.45) is 4.57. The molecule has 0 heterocycles. The Morgan fingerprint density at radius 3 is 2.71 bits per heavy atom. The molecule has 1 fully saturated rings. The lowest BCUT2D eigenvalue weighted by Gasteiger charge is -2.28. The van der Waals surface area contributed by atoms with E-state index in [1.54, 1.807) is 14.0 Å². The highest BCUT2D eigenvalue weighted by atomic mass is 16.5. The van der Waals surface area contributed by atoms with Crippen LogP contribution >= 0.6 is 0 Å². The second kappa shape index (κ2) is 7.45. The summed E-state index contributed by atoms with van der Waals surface area (Å²) in [6.45, 7) is 6.06. The molecule has 1 saturated carbocycles. The lowest BCUT2D eigenvalue weighted by molar-refractivity contribution is -0.139. The minimum atomic E-state index is -0.369. The van der Waals surface area contributed by atoms with Crippen LogP contribution in [-0.4, -0.2) is 38.5 Å². The zero-order chi connectivity index (χ0) is 12.7. The van der Waals surface area contributed by atoms with Gasteiger partial charge in [-0.2, -0.15) is 0 Å². The summed E-state index contributed by atoms with van der Waals surface area (Å²) in [4.78, 5) is 11.3. The molecule has 4 heteroatoms. The van der Waals surface area contributed by atoms with Gasteiger partial charge in [0.15, 0.2) is 0 Å². The first-order valence-electron chi connectivity index (χ1n) is 6.16. The van der Waals surface area contributed by atoms with Crippen LogP contribution in [-0.2, 0) is 19.0 Å². The number of methoxy groups -OCH3 is 1. The predicted octanol–water partition coefficient (Wildman–Crippen LogP) is 2.08. The van der Waals surface area contributed by atoms with Gasteiger partial charge in [-0.25, -0.2) is 4.79 Å². The van der Waals surface area contributed by atoms with E-state index in [0.29, 0.717) is 12.2 Å². The molecule has 98 valence electrons. The summed E-state index contributed by atoms with van der Waals surface area (Å²) in [5.74, 6) is -0.369. The summed E-state index contributed by atoms with van der Waals surface area (Å²) in [7, 11) is 1.73. The highest BCUT2D eigenvalue weighted by Gasteiger charge is 2.22. The molecule has 17 heavy (non-hydrogen) atoms. The monoisotopic (exact) mass is 242 g/mol. The summed E-state index contributed by atoms with van der Waals surface area (Å²) in [6, 6.07) is 0. The van der Waals surface area contributed by atoms with Gasteiger partial charge in [0.25, 0.3) is 0 Å². The Bertz CT molecular complexity index is 262. The van der Waals surface area contributed by atoms with Crippen LogP contribution < -0.4 is 0 Å². The number of carbonyl (C=O) groups is 1. The van der Waals surface area contributed by atoms with Crippen LogP contribution in [0.15, 0.2) is 12.2 Å². The molecule has 0 aliphatic heterocycles. The molecule has 0 aromatic rings. The minimum absolute atomic E-state index is 0.167. The number of carbonyl (C=O) groups excluding carboxylic acids is 1. The molecular weight excluding hydrogens is 220 g/mol. The number of ether oxygens (including phenoxy) is 3. The maximum absolute atomic E-state index is 11.3. The normalized spacial score (nSPS) is 24.4. The minimum Gasteiger partial charge on any atom is -0.463 e. The molecule has 1 aliphatic carbocycles. The largest absolute Gasteiger partial charge is 0.463 e. The first kappa shape index (κ1) is 14.2. The van der Waals surface area contributed by atoms with E-state index in [9.17, 15) is 4.79 Å². The van der Waals surface area contributed by atoms with Gasteiger partial charge in [-0.1, -0.05) is 6.58 Å². The van der Waals surface area contributed by atoms with Crippen molar-refractivity contribution in [3.8, 4) is 0 Å². The quantitative estimate of drug-likeness (QED) is 0.528. The number of hydrogen-bond donors (Lipinski definition) is 0. The molecule has 0 radical (unpaired) electrons. The van der Waals surface area contributed by atoms with Crippen molar-refractivity contribution in [3.05, 3.63) is 12.2 Å². The zero-order valence-electron chi connectivity index (χ0n) is 10.7. The fourth-order valence-corrected chi connectivity index (χ4v) is 1.98. The Kier molecular flexibility index (Phi) is 6.22. The van der Waals surface area contributed by atoms with Gasteiger partial charge in [0, 0.05) is 7.11 Å². The van der Waals surface area contributed by atoms with Gasteiger partial charge >= 0.3 is 5.97 Å². The summed E-state index contributed by atoms with van der Waals surface area (Å²) in [5.41, 5.74) is 0.381. The van der Waals surface area contributed by atoms with E-state index in [1.165, 1.54) is 0 Å². The van der Waals surface area contributed by atoms with Crippen molar-refractivity contribution < 1.29 is 19.0 Å². The van der Waals surface area contributed by atoms with E-state index >= 15 is 0 Å². The van der Waals surface area contributed by atoms with E-state index in [2.05, 4.69) is 6.58 Å².